The number of hydrogen-bond donors (Lipinski definition) is 0. The van der Waals surface area contributed by atoms with Gasteiger partial charge in [-0.1, -0.05) is 5.67 Å². The molecule has 0 aliphatic rings. The third-order valence-electron chi connectivity index (χ3n) is 0. The fraction of sp³-hybridized carbons (Fsp3) is 1.00. The molecule has 0 saturated heterocycles. The lowest BCUT2D eigenvalue weighted by molar-refractivity contribution is 0.460. The van der Waals surface area contributed by atoms with Crippen LogP contribution < -0.4 is 0 Å². The Balaban J connectivity index is -0.0000000600. The standard InChI is InChI=1S/2CH6OSi.CH8Si2/c2*1-2-3;2-1-3/h2*1,3H3;1H2,2-3H3. The van der Waals surface area contributed by atoms with Crippen LogP contribution >= 0.6 is 0 Å². The Bertz CT molecular complexity index is 18.5. The van der Waals surface area contributed by atoms with E-state index < -0.39 is 0 Å². The van der Waals surface area contributed by atoms with Gasteiger partial charge in [0, 0.05) is 14.2 Å². The summed E-state index contributed by atoms with van der Waals surface area (Å²) in [6, 6.07) is 0. The van der Waals surface area contributed by atoms with Gasteiger partial charge >= 0.3 is 0 Å². The predicted molar refractivity (Wildman–Crippen MR) is 58.6 cm³/mol. The molecule has 0 aromatic carbocycles. The number of hydrogen-bond acceptors (Lipinski definition) is 2. The molecular formula is C3H20O2Si4. The van der Waals surface area contributed by atoms with Crippen molar-refractivity contribution < 1.29 is 8.85 Å². The zero-order chi connectivity index (χ0) is 8.12. The fourth-order valence-electron chi connectivity index (χ4n) is 0. The van der Waals surface area contributed by atoms with Gasteiger partial charge in [0.15, 0.2) is 0 Å². The lowest BCUT2D eigenvalue weighted by Crippen LogP contribution is -1.60. The van der Waals surface area contributed by atoms with Crippen LogP contribution in [0, 0.1) is 0 Å². The maximum Gasteiger partial charge on any atom is 0.145 e. The maximum absolute atomic E-state index is 4.39. The summed E-state index contributed by atoms with van der Waals surface area (Å²) >= 11 is 0. The normalized spacial score (nSPS) is 7.33. The van der Waals surface area contributed by atoms with Crippen molar-refractivity contribution in [2.24, 2.45) is 0 Å². The number of rotatable bonds is 0. The topological polar surface area (TPSA) is 18.5 Å². The van der Waals surface area contributed by atoms with Gasteiger partial charge in [-0.2, -0.15) is 0 Å². The van der Waals surface area contributed by atoms with Crippen LogP contribution in [0.2, 0.25) is 5.67 Å². The maximum atomic E-state index is 4.39. The molecule has 0 amide bonds. The first-order valence-electron chi connectivity index (χ1n) is 3.05. The largest absolute Gasteiger partial charge is 0.431 e. The molecule has 0 aromatic rings. The summed E-state index contributed by atoms with van der Waals surface area (Å²) in [5.74, 6) is 0. The Labute approximate surface area is 70.6 Å². The van der Waals surface area contributed by atoms with E-state index in [1.807, 2.05) is 0 Å². The van der Waals surface area contributed by atoms with Gasteiger partial charge in [0.25, 0.3) is 0 Å². The quantitative estimate of drug-likeness (QED) is 0.371. The summed E-state index contributed by atoms with van der Waals surface area (Å²) < 4.78 is 8.78. The van der Waals surface area contributed by atoms with E-state index >= 15 is 0 Å². The molecule has 0 unspecified atom stereocenters. The third-order valence-corrected chi connectivity index (χ3v) is 0. The minimum atomic E-state index is 0.869. The van der Waals surface area contributed by atoms with Gasteiger partial charge < -0.3 is 8.85 Å². The molecule has 2 nitrogen and oxygen atoms in total. The first kappa shape index (κ1) is 16.4. The fourth-order valence-corrected chi connectivity index (χ4v) is 0. The van der Waals surface area contributed by atoms with Gasteiger partial charge in [-0.25, -0.2) is 0 Å². The molecule has 0 fully saturated rings. The van der Waals surface area contributed by atoms with Crippen molar-refractivity contribution in [3.05, 3.63) is 0 Å². The summed E-state index contributed by atoms with van der Waals surface area (Å²) in [6.45, 7) is 0. The van der Waals surface area contributed by atoms with Crippen molar-refractivity contribution in [1.29, 1.82) is 0 Å². The van der Waals surface area contributed by atoms with E-state index in [1.54, 1.807) is 14.2 Å². The zero-order valence-corrected chi connectivity index (χ0v) is 15.5. The van der Waals surface area contributed by atoms with Gasteiger partial charge in [0.2, 0.25) is 0 Å². The summed E-state index contributed by atoms with van der Waals surface area (Å²) in [5, 5.41) is 0. The average Bonchev–Trinajstić information content (AvgIpc) is 1.70. The van der Waals surface area contributed by atoms with Gasteiger partial charge in [-0.05, 0) is 20.5 Å². The highest BCUT2D eigenvalue weighted by molar-refractivity contribution is 6.31. The Morgan fingerprint density at radius 2 is 1.00 bits per heavy atom. The van der Waals surface area contributed by atoms with Crippen LogP contribution in [0.15, 0.2) is 0 Å². The van der Waals surface area contributed by atoms with Crippen LogP contribution in [-0.4, -0.2) is 55.7 Å². The Morgan fingerprint density at radius 1 is 1.00 bits per heavy atom. The van der Waals surface area contributed by atoms with Gasteiger partial charge in [-0.3, -0.25) is 0 Å². The second kappa shape index (κ2) is 37.1. The minimum Gasteiger partial charge on any atom is -0.431 e. The zero-order valence-electron chi connectivity index (χ0n) is 7.52. The van der Waals surface area contributed by atoms with Crippen LogP contribution in [0.25, 0.3) is 0 Å². The van der Waals surface area contributed by atoms with Gasteiger partial charge in [-0.15, -0.1) is 0 Å². The van der Waals surface area contributed by atoms with E-state index in [0.717, 1.165) is 21.0 Å². The molecule has 60 valence electrons. The molecular weight excluding hydrogens is 180 g/mol. The van der Waals surface area contributed by atoms with E-state index in [1.165, 1.54) is 26.2 Å². The van der Waals surface area contributed by atoms with Crippen LogP contribution in [0.5, 0.6) is 0 Å². The minimum absolute atomic E-state index is 0.869. The molecule has 0 radical (unpaired) electrons. The Hall–Kier alpha value is 0.788. The Kier molecular flexibility index (Phi) is 67.7. The van der Waals surface area contributed by atoms with Crippen LogP contribution in [0.4, 0.5) is 0 Å². The van der Waals surface area contributed by atoms with E-state index in [9.17, 15) is 0 Å². The molecule has 0 aliphatic carbocycles. The SMILES string of the molecule is CO[SiH3].CO[SiH3].[SiH3]C[SiH3]. The molecule has 6 heteroatoms. The highest BCUT2D eigenvalue weighted by Crippen LogP contribution is 1.36. The predicted octanol–water partition coefficient (Wildman–Crippen LogP) is -4.08. The average molecular weight is 201 g/mol. The monoisotopic (exact) mass is 200 g/mol. The smallest absolute Gasteiger partial charge is 0.145 e. The lowest BCUT2D eigenvalue weighted by Gasteiger charge is -1.61. The van der Waals surface area contributed by atoms with Gasteiger partial charge in [0.1, 0.15) is 21.0 Å². The molecule has 0 heterocycles. The van der Waals surface area contributed by atoms with E-state index in [4.69, 9.17) is 0 Å². The van der Waals surface area contributed by atoms with Crippen LogP contribution in [0.3, 0.4) is 0 Å². The molecule has 0 atom stereocenters. The molecule has 0 bridgehead atoms. The Morgan fingerprint density at radius 3 is 1.00 bits per heavy atom. The van der Waals surface area contributed by atoms with Crippen molar-refractivity contribution in [2.75, 3.05) is 14.2 Å². The van der Waals surface area contributed by atoms with Crippen molar-refractivity contribution in [2.45, 2.75) is 5.67 Å². The summed E-state index contributed by atoms with van der Waals surface area (Å²) in [6.07, 6.45) is 0. The summed E-state index contributed by atoms with van der Waals surface area (Å²) in [5.41, 5.74) is 1.53. The molecule has 0 saturated carbocycles. The highest BCUT2D eigenvalue weighted by Gasteiger charge is 1.38. The van der Waals surface area contributed by atoms with E-state index in [-0.39, 0.29) is 0 Å². The van der Waals surface area contributed by atoms with Crippen molar-refractivity contribution in [3.8, 4) is 0 Å². The van der Waals surface area contributed by atoms with Crippen LogP contribution in [-0.2, 0) is 8.85 Å². The van der Waals surface area contributed by atoms with Gasteiger partial charge in [0.05, 0.1) is 0 Å². The van der Waals surface area contributed by atoms with Crippen molar-refractivity contribution >= 4 is 41.5 Å². The molecule has 0 N–H and O–H groups in total. The van der Waals surface area contributed by atoms with E-state index in [2.05, 4.69) is 8.85 Å². The molecule has 0 spiro atoms. The third kappa shape index (κ3) is 653. The molecule has 0 rings (SSSR count). The van der Waals surface area contributed by atoms with Crippen molar-refractivity contribution in [1.82, 2.24) is 0 Å². The first-order chi connectivity index (χ1) is 4.24. The molecule has 0 aliphatic heterocycles. The summed E-state index contributed by atoms with van der Waals surface area (Å²) in [4.78, 5) is 0. The second-order valence-corrected chi connectivity index (χ2v) is 8.81. The van der Waals surface area contributed by atoms with Crippen molar-refractivity contribution in [3.63, 3.8) is 0 Å². The van der Waals surface area contributed by atoms with Crippen LogP contribution in [0.1, 0.15) is 0 Å². The van der Waals surface area contributed by atoms with E-state index in [0.29, 0.717) is 0 Å². The highest BCUT2D eigenvalue weighted by atomic mass is 28.2. The summed E-state index contributed by atoms with van der Waals surface area (Å²) in [7, 11) is 7.97. The molecule has 9 heavy (non-hydrogen) atoms. The lowest BCUT2D eigenvalue weighted by atomic mass is 11.8. The first-order valence-corrected chi connectivity index (χ1v) is 7.51. The molecule has 0 aromatic heterocycles. The second-order valence-electron chi connectivity index (χ2n) is 1.52.